The normalized spacial score (nSPS) is 11.5. The fourth-order valence-corrected chi connectivity index (χ4v) is 3.45. The second-order valence-electron chi connectivity index (χ2n) is 4.97. The number of hydrogen-bond acceptors (Lipinski definition) is 2. The lowest BCUT2D eigenvalue weighted by atomic mass is 10.2. The van der Waals surface area contributed by atoms with Gasteiger partial charge in [-0.1, -0.05) is 27.8 Å². The van der Waals surface area contributed by atoms with Gasteiger partial charge in [-0.05, 0) is 36.1 Å². The Kier molecular flexibility index (Phi) is 2.41. The molecule has 4 rings (SSSR count). The van der Waals surface area contributed by atoms with Gasteiger partial charge in [-0.25, -0.2) is 4.57 Å². The maximum atomic E-state index is 4.87. The van der Waals surface area contributed by atoms with E-state index < -0.39 is 0 Å². The predicted octanol–water partition coefficient (Wildman–Crippen LogP) is 3.35. The Balaban J connectivity index is 2.15. The lowest BCUT2D eigenvalue weighted by molar-refractivity contribution is -0.618. The summed E-state index contributed by atoms with van der Waals surface area (Å²) in [5.74, 6) is 0. The molecule has 0 amide bonds. The van der Waals surface area contributed by atoms with E-state index in [9.17, 15) is 0 Å². The van der Waals surface area contributed by atoms with E-state index in [1.165, 1.54) is 16.0 Å². The molecule has 98 valence electrons. The third-order valence-electron chi connectivity index (χ3n) is 3.71. The van der Waals surface area contributed by atoms with Crippen LogP contribution in [-0.2, 0) is 7.05 Å². The van der Waals surface area contributed by atoms with Gasteiger partial charge in [0.15, 0.2) is 5.52 Å². The van der Waals surface area contributed by atoms with E-state index in [2.05, 4.69) is 66.4 Å². The van der Waals surface area contributed by atoms with Crippen molar-refractivity contribution in [2.75, 3.05) is 0 Å². The Labute approximate surface area is 120 Å². The van der Waals surface area contributed by atoms with Gasteiger partial charge in [-0.3, -0.25) is 0 Å². The average molecular weight is 280 g/mol. The standard InChI is InChI=1S/C16H14N3S/c1-11-10-15-18(2)12-6-3-4-7-13(12)19(15)17-16(11)14-8-5-9-20-14/h3-10H,1-2H3/q+1. The molecule has 0 bridgehead atoms. The molecule has 4 aromatic rings. The number of nitrogens with zero attached hydrogens (tertiary/aromatic N) is 3. The SMILES string of the molecule is Cc1cc2n(nc1-c1cccs1)c1ccccc1[n+]2C. The van der Waals surface area contributed by atoms with Crippen LogP contribution in [0.4, 0.5) is 0 Å². The van der Waals surface area contributed by atoms with E-state index in [0.29, 0.717) is 0 Å². The first-order valence-corrected chi connectivity index (χ1v) is 7.44. The highest BCUT2D eigenvalue weighted by Crippen LogP contribution is 2.27. The van der Waals surface area contributed by atoms with Gasteiger partial charge in [0, 0.05) is 6.07 Å². The Morgan fingerprint density at radius 2 is 2.00 bits per heavy atom. The summed E-state index contributed by atoms with van der Waals surface area (Å²) in [7, 11) is 2.09. The maximum Gasteiger partial charge on any atom is 0.308 e. The first-order valence-electron chi connectivity index (χ1n) is 6.57. The number of aryl methyl sites for hydroxylation is 2. The van der Waals surface area contributed by atoms with Crippen molar-refractivity contribution in [2.24, 2.45) is 7.05 Å². The van der Waals surface area contributed by atoms with Crippen molar-refractivity contribution in [2.45, 2.75) is 6.92 Å². The van der Waals surface area contributed by atoms with Crippen LogP contribution in [0.3, 0.4) is 0 Å². The molecule has 3 aromatic heterocycles. The molecular formula is C16H14N3S+. The molecule has 3 heterocycles. The monoisotopic (exact) mass is 280 g/mol. The zero-order valence-corrected chi connectivity index (χ0v) is 12.2. The van der Waals surface area contributed by atoms with Gasteiger partial charge >= 0.3 is 5.65 Å². The molecule has 0 radical (unpaired) electrons. The van der Waals surface area contributed by atoms with Crippen LogP contribution in [0.2, 0.25) is 0 Å². The molecule has 0 spiro atoms. The molecule has 0 aliphatic carbocycles. The summed E-state index contributed by atoms with van der Waals surface area (Å²) in [5, 5.41) is 6.96. The van der Waals surface area contributed by atoms with Gasteiger partial charge in [0.05, 0.1) is 11.9 Å². The average Bonchev–Trinajstić information content (AvgIpc) is 3.07. The molecule has 1 aromatic carbocycles. The first-order chi connectivity index (χ1) is 9.75. The van der Waals surface area contributed by atoms with E-state index in [1.54, 1.807) is 11.3 Å². The van der Waals surface area contributed by atoms with Gasteiger partial charge in [0.1, 0.15) is 5.69 Å². The summed E-state index contributed by atoms with van der Waals surface area (Å²) in [4.78, 5) is 1.21. The number of fused-ring (bicyclic) bond motifs is 3. The van der Waals surface area contributed by atoms with Crippen LogP contribution >= 0.6 is 11.3 Å². The van der Waals surface area contributed by atoms with Gasteiger partial charge in [0.25, 0.3) is 0 Å². The van der Waals surface area contributed by atoms with Crippen molar-refractivity contribution < 1.29 is 4.57 Å². The third kappa shape index (κ3) is 1.51. The second-order valence-corrected chi connectivity index (χ2v) is 5.92. The van der Waals surface area contributed by atoms with Crippen LogP contribution in [0, 0.1) is 6.92 Å². The summed E-state index contributed by atoms with van der Waals surface area (Å²) >= 11 is 1.73. The minimum absolute atomic E-state index is 1.06. The summed E-state index contributed by atoms with van der Waals surface area (Å²) in [6.07, 6.45) is 0. The molecule has 0 aliphatic heterocycles. The van der Waals surface area contributed by atoms with Crippen LogP contribution < -0.4 is 4.57 Å². The first kappa shape index (κ1) is 11.6. The van der Waals surface area contributed by atoms with Gasteiger partial charge in [-0.15, -0.1) is 11.3 Å². The fourth-order valence-electron chi connectivity index (χ4n) is 2.68. The number of imidazole rings is 1. The molecule has 0 atom stereocenters. The second kappa shape index (κ2) is 4.15. The highest BCUT2D eigenvalue weighted by Gasteiger charge is 2.20. The zero-order valence-electron chi connectivity index (χ0n) is 11.4. The molecule has 0 saturated heterocycles. The molecule has 0 saturated carbocycles. The number of rotatable bonds is 1. The van der Waals surface area contributed by atoms with Crippen LogP contribution in [0.25, 0.3) is 27.3 Å². The van der Waals surface area contributed by atoms with Crippen molar-refractivity contribution in [1.29, 1.82) is 0 Å². The highest BCUT2D eigenvalue weighted by atomic mass is 32.1. The Morgan fingerprint density at radius 1 is 1.15 bits per heavy atom. The highest BCUT2D eigenvalue weighted by molar-refractivity contribution is 7.13. The lowest BCUT2D eigenvalue weighted by Crippen LogP contribution is -2.27. The molecule has 0 N–H and O–H groups in total. The largest absolute Gasteiger partial charge is 0.308 e. The summed E-state index contributed by atoms with van der Waals surface area (Å²) in [5.41, 5.74) is 5.72. The fraction of sp³-hybridized carbons (Fsp3) is 0.125. The molecule has 3 nitrogen and oxygen atoms in total. The Hall–Kier alpha value is -2.20. The minimum atomic E-state index is 1.06. The van der Waals surface area contributed by atoms with Gasteiger partial charge in [0.2, 0.25) is 5.52 Å². The minimum Gasteiger partial charge on any atom is -0.224 e. The lowest BCUT2D eigenvalue weighted by Gasteiger charge is -1.99. The molecule has 0 aliphatic rings. The summed E-state index contributed by atoms with van der Waals surface area (Å²) in [6.45, 7) is 2.12. The molecule has 0 fully saturated rings. The topological polar surface area (TPSA) is 21.2 Å². The molecule has 4 heteroatoms. The van der Waals surface area contributed by atoms with E-state index in [1.807, 2.05) is 4.52 Å². The van der Waals surface area contributed by atoms with Crippen LogP contribution in [0.1, 0.15) is 5.56 Å². The Bertz CT molecular complexity index is 920. The number of hydrogen-bond donors (Lipinski definition) is 0. The van der Waals surface area contributed by atoms with Crippen molar-refractivity contribution in [3.63, 3.8) is 0 Å². The van der Waals surface area contributed by atoms with Gasteiger partial charge < -0.3 is 0 Å². The molecule has 0 unspecified atom stereocenters. The van der Waals surface area contributed by atoms with Crippen molar-refractivity contribution in [3.8, 4) is 10.6 Å². The Morgan fingerprint density at radius 3 is 2.80 bits per heavy atom. The van der Waals surface area contributed by atoms with E-state index in [0.717, 1.165) is 16.9 Å². The number of para-hydroxylation sites is 2. The number of benzene rings is 1. The number of thiophene rings is 1. The predicted molar refractivity (Wildman–Crippen MR) is 81.9 cm³/mol. The van der Waals surface area contributed by atoms with E-state index >= 15 is 0 Å². The van der Waals surface area contributed by atoms with Crippen LogP contribution in [0.5, 0.6) is 0 Å². The van der Waals surface area contributed by atoms with E-state index in [-0.39, 0.29) is 0 Å². The van der Waals surface area contributed by atoms with Crippen molar-refractivity contribution in [1.82, 2.24) is 9.61 Å². The number of aromatic nitrogens is 3. The molecule has 20 heavy (non-hydrogen) atoms. The maximum absolute atomic E-state index is 4.87. The van der Waals surface area contributed by atoms with Crippen molar-refractivity contribution in [3.05, 3.63) is 53.4 Å². The van der Waals surface area contributed by atoms with Gasteiger partial charge in [-0.2, -0.15) is 0 Å². The summed E-state index contributed by atoms with van der Waals surface area (Å²) < 4.78 is 4.23. The van der Waals surface area contributed by atoms with E-state index in [4.69, 9.17) is 5.10 Å². The van der Waals surface area contributed by atoms with Crippen LogP contribution in [-0.4, -0.2) is 9.61 Å². The molecular weight excluding hydrogens is 266 g/mol. The quantitative estimate of drug-likeness (QED) is 0.490. The third-order valence-corrected chi connectivity index (χ3v) is 4.58. The van der Waals surface area contributed by atoms with Crippen LogP contribution in [0.15, 0.2) is 47.8 Å². The smallest absolute Gasteiger partial charge is 0.224 e. The van der Waals surface area contributed by atoms with Crippen molar-refractivity contribution >= 4 is 28.0 Å². The summed E-state index contributed by atoms with van der Waals surface area (Å²) in [6, 6.07) is 14.8. The zero-order chi connectivity index (χ0) is 13.7.